The van der Waals surface area contributed by atoms with E-state index < -0.39 is 11.6 Å². The molecule has 1 heterocycles. The highest BCUT2D eigenvalue weighted by Gasteiger charge is 2.24. The van der Waals surface area contributed by atoms with Gasteiger partial charge in [-0.25, -0.2) is 8.78 Å². The highest BCUT2D eigenvalue weighted by atomic mass is 32.2. The zero-order valence-electron chi connectivity index (χ0n) is 13.7. The molecule has 130 valence electrons. The summed E-state index contributed by atoms with van der Waals surface area (Å²) < 4.78 is 26.7. The minimum atomic E-state index is -0.692. The Morgan fingerprint density at radius 1 is 1.24 bits per heavy atom. The van der Waals surface area contributed by atoms with E-state index in [0.717, 1.165) is 17.0 Å². The number of nitrogens with zero attached hydrogens (tertiary/aromatic N) is 1. The van der Waals surface area contributed by atoms with Crippen LogP contribution in [0, 0.1) is 11.6 Å². The summed E-state index contributed by atoms with van der Waals surface area (Å²) >= 11 is 1.43. The lowest BCUT2D eigenvalue weighted by Crippen LogP contribution is -2.28. The molecule has 0 fully saturated rings. The molecule has 1 atom stereocenters. The summed E-state index contributed by atoms with van der Waals surface area (Å²) in [4.78, 5) is 26.6. The van der Waals surface area contributed by atoms with Crippen LogP contribution >= 0.6 is 11.8 Å². The topological polar surface area (TPSA) is 49.4 Å². The van der Waals surface area contributed by atoms with E-state index in [9.17, 15) is 18.4 Å². The average Bonchev–Trinajstić information content (AvgIpc) is 2.57. The normalized spacial score (nSPS) is 16.2. The molecule has 0 aromatic heterocycles. The fraction of sp³-hybridized carbons (Fsp3) is 0.222. The summed E-state index contributed by atoms with van der Waals surface area (Å²) in [5, 5.41) is 2.59. The fourth-order valence-corrected chi connectivity index (χ4v) is 3.47. The number of nitrogens with one attached hydrogen (secondary N) is 1. The Balaban J connectivity index is 1.78. The van der Waals surface area contributed by atoms with Gasteiger partial charge in [0.15, 0.2) is 0 Å². The van der Waals surface area contributed by atoms with Gasteiger partial charge in [0, 0.05) is 35.7 Å². The lowest BCUT2D eigenvalue weighted by molar-refractivity contribution is -0.115. The van der Waals surface area contributed by atoms with Crippen molar-refractivity contribution < 1.29 is 18.4 Å². The molecular weight excluding hydrogens is 346 g/mol. The van der Waals surface area contributed by atoms with Crippen molar-refractivity contribution in [2.45, 2.75) is 23.6 Å². The summed E-state index contributed by atoms with van der Waals surface area (Å²) in [6, 6.07) is 8.35. The smallest absolute Gasteiger partial charge is 0.253 e. The minimum Gasteiger partial charge on any atom is -0.337 e. The number of carbonyl (C=O) groups is 2. The largest absolute Gasteiger partial charge is 0.337 e. The number of fused-ring (bicyclic) bond motifs is 1. The summed E-state index contributed by atoms with van der Waals surface area (Å²) in [6.45, 7) is 1.83. The fourth-order valence-electron chi connectivity index (χ4n) is 2.54. The lowest BCUT2D eigenvalue weighted by Gasteiger charge is -2.23. The minimum absolute atomic E-state index is 0.0141. The second-order valence-electron chi connectivity index (χ2n) is 5.86. The van der Waals surface area contributed by atoms with Gasteiger partial charge in [-0.2, -0.15) is 0 Å². The molecule has 4 nitrogen and oxygen atoms in total. The predicted molar refractivity (Wildman–Crippen MR) is 92.5 cm³/mol. The molecule has 0 spiro atoms. The Kier molecular flexibility index (Phi) is 4.76. The Morgan fingerprint density at radius 3 is 2.72 bits per heavy atom. The Morgan fingerprint density at radius 2 is 2.00 bits per heavy atom. The Hall–Kier alpha value is -2.41. The molecule has 2 aromatic carbocycles. The second-order valence-corrected chi connectivity index (χ2v) is 7.24. The van der Waals surface area contributed by atoms with E-state index in [-0.39, 0.29) is 29.2 Å². The molecule has 0 aliphatic carbocycles. The van der Waals surface area contributed by atoms with Gasteiger partial charge in [-0.1, -0.05) is 6.07 Å². The first-order valence-corrected chi connectivity index (χ1v) is 8.54. The molecule has 1 unspecified atom stereocenters. The van der Waals surface area contributed by atoms with Crippen LogP contribution in [-0.4, -0.2) is 29.0 Å². The number of anilines is 1. The highest BCUT2D eigenvalue weighted by Crippen LogP contribution is 2.36. The molecule has 1 aliphatic rings. The molecule has 0 saturated carbocycles. The van der Waals surface area contributed by atoms with Crippen molar-refractivity contribution in [3.05, 3.63) is 59.2 Å². The van der Waals surface area contributed by atoms with Gasteiger partial charge in [0.1, 0.15) is 11.6 Å². The molecule has 2 aromatic rings. The van der Waals surface area contributed by atoms with Gasteiger partial charge in [0.25, 0.3) is 5.91 Å². The van der Waals surface area contributed by atoms with Gasteiger partial charge < -0.3 is 10.2 Å². The number of thioether (sulfide) groups is 1. The van der Waals surface area contributed by atoms with Crippen LogP contribution in [0.25, 0.3) is 0 Å². The Bertz CT molecular complexity index is 857. The first kappa shape index (κ1) is 17.4. The summed E-state index contributed by atoms with van der Waals surface area (Å²) in [5.41, 5.74) is 1.22. The average molecular weight is 362 g/mol. The number of benzene rings is 2. The van der Waals surface area contributed by atoms with E-state index >= 15 is 0 Å². The molecule has 1 N–H and O–H groups in total. The van der Waals surface area contributed by atoms with Crippen LogP contribution in [0.15, 0.2) is 41.3 Å². The van der Waals surface area contributed by atoms with E-state index in [2.05, 4.69) is 5.32 Å². The van der Waals surface area contributed by atoms with Gasteiger partial charge >= 0.3 is 0 Å². The van der Waals surface area contributed by atoms with Crippen molar-refractivity contribution in [3.8, 4) is 0 Å². The van der Waals surface area contributed by atoms with Crippen LogP contribution in [0.4, 0.5) is 14.5 Å². The summed E-state index contributed by atoms with van der Waals surface area (Å²) in [7, 11) is 1.54. The zero-order valence-corrected chi connectivity index (χ0v) is 14.5. The molecule has 1 aliphatic heterocycles. The highest BCUT2D eigenvalue weighted by molar-refractivity contribution is 8.00. The predicted octanol–water partition coefficient (Wildman–Crippen LogP) is 3.67. The molecule has 2 amide bonds. The van der Waals surface area contributed by atoms with Crippen LogP contribution in [0.5, 0.6) is 0 Å². The molecule has 7 heteroatoms. The van der Waals surface area contributed by atoms with Crippen LogP contribution in [0.1, 0.15) is 22.8 Å². The van der Waals surface area contributed by atoms with Crippen LogP contribution in [0.2, 0.25) is 0 Å². The molecule has 0 saturated heterocycles. The third-order valence-electron chi connectivity index (χ3n) is 3.93. The van der Waals surface area contributed by atoms with Crippen molar-refractivity contribution in [1.82, 2.24) is 4.90 Å². The monoisotopic (exact) mass is 362 g/mol. The third kappa shape index (κ3) is 3.66. The maximum Gasteiger partial charge on any atom is 0.253 e. The number of amides is 2. The molecule has 0 radical (unpaired) electrons. The van der Waals surface area contributed by atoms with Gasteiger partial charge in [-0.3, -0.25) is 9.59 Å². The van der Waals surface area contributed by atoms with Crippen molar-refractivity contribution >= 4 is 29.3 Å². The van der Waals surface area contributed by atoms with Gasteiger partial charge in [-0.15, -0.1) is 11.8 Å². The molecule has 0 bridgehead atoms. The maximum absolute atomic E-state index is 13.8. The van der Waals surface area contributed by atoms with E-state index in [4.69, 9.17) is 0 Å². The van der Waals surface area contributed by atoms with Crippen molar-refractivity contribution in [2.75, 3.05) is 12.4 Å². The first-order valence-electron chi connectivity index (χ1n) is 7.66. The SMILES string of the molecule is CC1Sc2ccc(C(=O)N(C)Cc3ccc(F)cc3F)cc2NC1=O. The molecular formula is C18H16F2N2O2S. The van der Waals surface area contributed by atoms with Crippen molar-refractivity contribution in [1.29, 1.82) is 0 Å². The van der Waals surface area contributed by atoms with Gasteiger partial charge in [0.05, 0.1) is 10.9 Å². The van der Waals surface area contributed by atoms with E-state index in [1.54, 1.807) is 25.2 Å². The number of halogens is 2. The Labute approximate surface area is 148 Å². The van der Waals surface area contributed by atoms with Gasteiger partial charge in [0.2, 0.25) is 5.91 Å². The van der Waals surface area contributed by atoms with Crippen molar-refractivity contribution in [2.24, 2.45) is 0 Å². The van der Waals surface area contributed by atoms with Crippen molar-refractivity contribution in [3.63, 3.8) is 0 Å². The summed E-state index contributed by atoms with van der Waals surface area (Å²) in [5.74, 6) is -1.77. The lowest BCUT2D eigenvalue weighted by atomic mass is 10.1. The number of carbonyl (C=O) groups excluding carboxylic acids is 2. The quantitative estimate of drug-likeness (QED) is 0.906. The number of hydrogen-bond donors (Lipinski definition) is 1. The second kappa shape index (κ2) is 6.84. The first-order chi connectivity index (χ1) is 11.8. The maximum atomic E-state index is 13.8. The van der Waals surface area contributed by atoms with Crippen LogP contribution in [-0.2, 0) is 11.3 Å². The van der Waals surface area contributed by atoms with Crippen LogP contribution in [0.3, 0.4) is 0 Å². The zero-order chi connectivity index (χ0) is 18.1. The molecule has 25 heavy (non-hydrogen) atoms. The van der Waals surface area contributed by atoms with Crippen LogP contribution < -0.4 is 5.32 Å². The third-order valence-corrected chi connectivity index (χ3v) is 5.10. The van der Waals surface area contributed by atoms with E-state index in [1.165, 1.54) is 22.7 Å². The summed E-state index contributed by atoms with van der Waals surface area (Å²) in [6.07, 6.45) is 0. The van der Waals surface area contributed by atoms with Gasteiger partial charge in [-0.05, 0) is 31.2 Å². The van der Waals surface area contributed by atoms with E-state index in [0.29, 0.717) is 11.3 Å². The number of hydrogen-bond acceptors (Lipinski definition) is 3. The van der Waals surface area contributed by atoms with E-state index in [1.807, 2.05) is 6.92 Å². The molecule has 3 rings (SSSR count). The standard InChI is InChI=1S/C18H16F2N2O2S/c1-10-17(23)21-15-7-11(4-6-16(15)25-10)18(24)22(2)9-12-3-5-13(19)8-14(12)20/h3-8,10H,9H2,1-2H3,(H,21,23). The number of rotatable bonds is 3.